The van der Waals surface area contributed by atoms with E-state index in [1.54, 1.807) is 0 Å². The third kappa shape index (κ3) is 2.68. The molecule has 0 atom stereocenters. The van der Waals surface area contributed by atoms with Gasteiger partial charge in [0.1, 0.15) is 6.29 Å². The van der Waals surface area contributed by atoms with Gasteiger partial charge in [-0.05, 0) is 24.1 Å². The molecular weight excluding hydrogens is 214 g/mol. The summed E-state index contributed by atoms with van der Waals surface area (Å²) >= 11 is 11.1. The van der Waals surface area contributed by atoms with Crippen LogP contribution in [-0.2, 0) is 11.2 Å². The summed E-state index contributed by atoms with van der Waals surface area (Å²) in [6.45, 7) is 0. The zero-order valence-electron chi connectivity index (χ0n) is 6.69. The molecule has 1 aromatic rings. The number of aryl methyl sites for hydroxylation is 1. The third-order valence-corrected chi connectivity index (χ3v) is 2.14. The van der Waals surface area contributed by atoms with Gasteiger partial charge < -0.3 is 4.79 Å². The van der Waals surface area contributed by atoms with Crippen LogP contribution in [0.15, 0.2) is 12.1 Å². The average Bonchev–Trinajstić information content (AvgIpc) is 2.10. The van der Waals surface area contributed by atoms with Gasteiger partial charge in [-0.1, -0.05) is 23.2 Å². The van der Waals surface area contributed by atoms with E-state index >= 15 is 0 Å². The fourth-order valence-corrected chi connectivity index (χ4v) is 1.51. The zero-order chi connectivity index (χ0) is 9.84. The van der Waals surface area contributed by atoms with Crippen molar-refractivity contribution < 1.29 is 9.18 Å². The molecule has 1 aromatic carbocycles. The monoisotopic (exact) mass is 220 g/mol. The highest BCUT2D eigenvalue weighted by molar-refractivity contribution is 6.34. The van der Waals surface area contributed by atoms with E-state index in [9.17, 15) is 9.18 Å². The molecule has 0 radical (unpaired) electrons. The summed E-state index contributed by atoms with van der Waals surface area (Å²) in [6, 6.07) is 2.96. The summed E-state index contributed by atoms with van der Waals surface area (Å²) in [5, 5.41) is -0.0122. The van der Waals surface area contributed by atoms with Gasteiger partial charge in [0.25, 0.3) is 0 Å². The molecule has 0 aromatic heterocycles. The molecule has 1 rings (SSSR count). The van der Waals surface area contributed by atoms with Gasteiger partial charge in [-0.15, -0.1) is 0 Å². The van der Waals surface area contributed by atoms with Crippen LogP contribution in [0.2, 0.25) is 10.0 Å². The molecule has 0 saturated carbocycles. The van der Waals surface area contributed by atoms with Crippen molar-refractivity contribution in [3.8, 4) is 0 Å². The lowest BCUT2D eigenvalue weighted by Crippen LogP contribution is -1.89. The number of rotatable bonds is 3. The predicted octanol–water partition coefficient (Wildman–Crippen LogP) is 3.26. The van der Waals surface area contributed by atoms with Gasteiger partial charge in [0, 0.05) is 6.42 Å². The van der Waals surface area contributed by atoms with E-state index in [2.05, 4.69) is 0 Å². The highest BCUT2D eigenvalue weighted by Crippen LogP contribution is 2.25. The van der Waals surface area contributed by atoms with E-state index in [-0.39, 0.29) is 10.0 Å². The van der Waals surface area contributed by atoms with Gasteiger partial charge >= 0.3 is 0 Å². The highest BCUT2D eigenvalue weighted by Gasteiger charge is 2.06. The van der Waals surface area contributed by atoms with E-state index in [0.29, 0.717) is 12.8 Å². The second-order valence-electron chi connectivity index (χ2n) is 2.58. The van der Waals surface area contributed by atoms with Crippen LogP contribution in [0.25, 0.3) is 0 Å². The van der Waals surface area contributed by atoms with Crippen molar-refractivity contribution in [3.63, 3.8) is 0 Å². The molecule has 4 heteroatoms. The van der Waals surface area contributed by atoms with Crippen molar-refractivity contribution in [1.82, 2.24) is 0 Å². The predicted molar refractivity (Wildman–Crippen MR) is 50.8 cm³/mol. The Morgan fingerprint density at radius 3 is 2.31 bits per heavy atom. The maximum atomic E-state index is 12.9. The van der Waals surface area contributed by atoms with Gasteiger partial charge in [0.2, 0.25) is 0 Å². The molecule has 0 fully saturated rings. The van der Waals surface area contributed by atoms with Crippen LogP contribution in [0.1, 0.15) is 12.0 Å². The van der Waals surface area contributed by atoms with Crippen LogP contribution >= 0.6 is 23.2 Å². The van der Waals surface area contributed by atoms with Crippen molar-refractivity contribution in [2.45, 2.75) is 12.8 Å². The molecule has 0 saturated heterocycles. The van der Waals surface area contributed by atoms with E-state index in [1.807, 2.05) is 0 Å². The highest BCUT2D eigenvalue weighted by atomic mass is 35.5. The molecule has 0 bridgehead atoms. The van der Waals surface area contributed by atoms with Crippen LogP contribution < -0.4 is 0 Å². The molecular formula is C9H7Cl2FO. The summed E-state index contributed by atoms with van der Waals surface area (Å²) in [7, 11) is 0. The normalized spacial score (nSPS) is 10.1. The molecule has 0 aliphatic carbocycles. The number of benzene rings is 1. The Labute approximate surface area is 85.5 Å². The first-order valence-corrected chi connectivity index (χ1v) is 4.48. The topological polar surface area (TPSA) is 17.1 Å². The van der Waals surface area contributed by atoms with Crippen molar-refractivity contribution in [2.75, 3.05) is 0 Å². The van der Waals surface area contributed by atoms with Gasteiger partial charge in [0.05, 0.1) is 10.0 Å². The SMILES string of the molecule is O=CCCc1cc(Cl)c(F)c(Cl)c1. The lowest BCUT2D eigenvalue weighted by Gasteiger charge is -2.01. The quantitative estimate of drug-likeness (QED) is 0.565. The fourth-order valence-electron chi connectivity index (χ4n) is 0.978. The molecule has 0 aliphatic heterocycles. The Morgan fingerprint density at radius 2 is 1.85 bits per heavy atom. The van der Waals surface area contributed by atoms with E-state index < -0.39 is 5.82 Å². The minimum atomic E-state index is -0.613. The molecule has 13 heavy (non-hydrogen) atoms. The Morgan fingerprint density at radius 1 is 1.31 bits per heavy atom. The fraction of sp³-hybridized carbons (Fsp3) is 0.222. The first-order chi connectivity index (χ1) is 6.15. The van der Waals surface area contributed by atoms with Gasteiger partial charge in [-0.25, -0.2) is 4.39 Å². The number of carbonyl (C=O) groups excluding carboxylic acids is 1. The second kappa shape index (κ2) is 4.58. The molecule has 0 spiro atoms. The van der Waals surface area contributed by atoms with Crippen molar-refractivity contribution in [3.05, 3.63) is 33.6 Å². The summed E-state index contributed by atoms with van der Waals surface area (Å²) in [5.74, 6) is -0.613. The minimum absolute atomic E-state index is 0.00611. The van der Waals surface area contributed by atoms with Crippen LogP contribution in [0.5, 0.6) is 0 Å². The lowest BCUT2D eigenvalue weighted by atomic mass is 10.1. The van der Waals surface area contributed by atoms with Gasteiger partial charge in [-0.3, -0.25) is 0 Å². The number of hydrogen-bond donors (Lipinski definition) is 0. The molecule has 0 N–H and O–H groups in total. The van der Waals surface area contributed by atoms with E-state index in [4.69, 9.17) is 23.2 Å². The lowest BCUT2D eigenvalue weighted by molar-refractivity contribution is -0.107. The second-order valence-corrected chi connectivity index (χ2v) is 3.39. The number of aldehydes is 1. The third-order valence-electron chi connectivity index (χ3n) is 1.59. The summed E-state index contributed by atoms with van der Waals surface area (Å²) in [5.41, 5.74) is 0.767. The molecule has 0 aliphatic rings. The Kier molecular flexibility index (Phi) is 3.70. The maximum Gasteiger partial charge on any atom is 0.160 e. The van der Waals surface area contributed by atoms with Crippen molar-refractivity contribution in [2.24, 2.45) is 0 Å². The van der Waals surface area contributed by atoms with E-state index in [1.165, 1.54) is 12.1 Å². The average molecular weight is 221 g/mol. The van der Waals surface area contributed by atoms with Crippen molar-refractivity contribution >= 4 is 29.5 Å². The Balaban J connectivity index is 2.92. The van der Waals surface area contributed by atoms with Crippen LogP contribution in [0.3, 0.4) is 0 Å². The van der Waals surface area contributed by atoms with Gasteiger partial charge in [0.15, 0.2) is 5.82 Å². The molecule has 0 heterocycles. The molecule has 0 unspecified atom stereocenters. The summed E-state index contributed by atoms with van der Waals surface area (Å²) < 4.78 is 12.9. The molecule has 0 amide bonds. The van der Waals surface area contributed by atoms with E-state index in [0.717, 1.165) is 11.8 Å². The number of halogens is 3. The Bertz CT molecular complexity index is 302. The van der Waals surface area contributed by atoms with Gasteiger partial charge in [-0.2, -0.15) is 0 Å². The number of carbonyl (C=O) groups is 1. The first kappa shape index (κ1) is 10.5. The summed E-state index contributed by atoms with van der Waals surface area (Å²) in [6.07, 6.45) is 1.71. The zero-order valence-corrected chi connectivity index (χ0v) is 8.20. The summed E-state index contributed by atoms with van der Waals surface area (Å²) in [4.78, 5) is 10.1. The Hall–Kier alpha value is -0.600. The number of hydrogen-bond acceptors (Lipinski definition) is 1. The van der Waals surface area contributed by atoms with Crippen molar-refractivity contribution in [1.29, 1.82) is 0 Å². The molecule has 1 nitrogen and oxygen atoms in total. The van der Waals surface area contributed by atoms with Crippen LogP contribution in [0, 0.1) is 5.82 Å². The molecule has 70 valence electrons. The van der Waals surface area contributed by atoms with Crippen LogP contribution in [0.4, 0.5) is 4.39 Å². The minimum Gasteiger partial charge on any atom is -0.303 e. The maximum absolute atomic E-state index is 12.9. The largest absolute Gasteiger partial charge is 0.303 e. The van der Waals surface area contributed by atoms with Crippen LogP contribution in [-0.4, -0.2) is 6.29 Å². The smallest absolute Gasteiger partial charge is 0.160 e. The standard InChI is InChI=1S/C9H7Cl2FO/c10-7-4-6(2-1-3-13)5-8(11)9(7)12/h3-5H,1-2H2. The first-order valence-electron chi connectivity index (χ1n) is 3.72.